The molecule has 1 fully saturated rings. The van der Waals surface area contributed by atoms with E-state index in [1.165, 1.54) is 17.8 Å². The lowest BCUT2D eigenvalue weighted by Crippen LogP contribution is -2.48. The lowest BCUT2D eigenvalue weighted by atomic mass is 10.2. The molecule has 0 saturated carbocycles. The Kier molecular flexibility index (Phi) is 6.89. The first-order chi connectivity index (χ1) is 15.1. The largest absolute Gasteiger partial charge is 0.497 e. The maximum Gasteiger partial charge on any atom is 0.233 e. The highest BCUT2D eigenvalue weighted by Gasteiger charge is 2.22. The van der Waals surface area contributed by atoms with Crippen molar-refractivity contribution in [2.45, 2.75) is 11.7 Å². The van der Waals surface area contributed by atoms with E-state index in [2.05, 4.69) is 9.88 Å². The molecule has 0 N–H and O–H groups in total. The molecular weight excluding hydrogens is 415 g/mol. The number of carbonyl (C=O) groups is 1. The maximum atomic E-state index is 13.9. The van der Waals surface area contributed by atoms with Gasteiger partial charge in [-0.25, -0.2) is 9.37 Å². The molecule has 0 aliphatic carbocycles. The number of halogens is 1. The molecule has 4 rings (SSSR count). The monoisotopic (exact) mass is 440 g/mol. The van der Waals surface area contributed by atoms with Crippen molar-refractivity contribution in [2.24, 2.45) is 0 Å². The van der Waals surface area contributed by atoms with Crippen molar-refractivity contribution in [3.63, 3.8) is 0 Å². The number of ether oxygens (including phenoxy) is 1. The first-order valence-electron chi connectivity index (χ1n) is 10.2. The van der Waals surface area contributed by atoms with Crippen molar-refractivity contribution in [3.05, 3.63) is 72.3 Å². The quantitative estimate of drug-likeness (QED) is 0.527. The van der Waals surface area contributed by atoms with E-state index >= 15 is 0 Å². The summed E-state index contributed by atoms with van der Waals surface area (Å²) in [7, 11) is 1.64. The number of nitrogens with zero attached hydrogens (tertiary/aromatic N) is 4. The minimum atomic E-state index is -0.176. The zero-order chi connectivity index (χ0) is 21.6. The van der Waals surface area contributed by atoms with Crippen molar-refractivity contribution in [1.29, 1.82) is 0 Å². The van der Waals surface area contributed by atoms with Gasteiger partial charge >= 0.3 is 0 Å². The van der Waals surface area contributed by atoms with Crippen LogP contribution in [0.5, 0.6) is 5.75 Å². The predicted octanol–water partition coefficient (Wildman–Crippen LogP) is 3.46. The summed E-state index contributed by atoms with van der Waals surface area (Å²) in [6.45, 7) is 3.36. The number of imidazole rings is 1. The molecule has 1 aliphatic heterocycles. The summed E-state index contributed by atoms with van der Waals surface area (Å²) in [5.74, 6) is 1.05. The molecule has 31 heavy (non-hydrogen) atoms. The molecule has 0 spiro atoms. The molecule has 1 amide bonds. The number of aromatic nitrogens is 2. The summed E-state index contributed by atoms with van der Waals surface area (Å²) in [5, 5.41) is 0.775. The Bertz CT molecular complexity index is 1020. The van der Waals surface area contributed by atoms with E-state index in [1.807, 2.05) is 52.1 Å². The number of benzene rings is 2. The molecular formula is C23H25FN4O2S. The second kappa shape index (κ2) is 9.98. The van der Waals surface area contributed by atoms with E-state index in [1.54, 1.807) is 19.4 Å². The van der Waals surface area contributed by atoms with Crippen LogP contribution in [0.15, 0.2) is 66.1 Å². The number of thioether (sulfide) groups is 1. The fraction of sp³-hybridized carbons (Fsp3) is 0.304. The summed E-state index contributed by atoms with van der Waals surface area (Å²) in [5.41, 5.74) is 1.67. The Balaban J connectivity index is 1.28. The molecule has 0 bridgehead atoms. The average molecular weight is 441 g/mol. The molecule has 0 radical (unpaired) electrons. The number of hydrogen-bond donors (Lipinski definition) is 0. The average Bonchev–Trinajstić information content (AvgIpc) is 3.28. The van der Waals surface area contributed by atoms with Gasteiger partial charge in [-0.2, -0.15) is 0 Å². The van der Waals surface area contributed by atoms with E-state index in [-0.39, 0.29) is 11.7 Å². The van der Waals surface area contributed by atoms with Crippen LogP contribution < -0.4 is 4.74 Å². The molecule has 162 valence electrons. The van der Waals surface area contributed by atoms with Gasteiger partial charge in [-0.3, -0.25) is 14.3 Å². The van der Waals surface area contributed by atoms with Gasteiger partial charge in [-0.05, 0) is 30.3 Å². The van der Waals surface area contributed by atoms with Crippen molar-refractivity contribution < 1.29 is 13.9 Å². The Morgan fingerprint density at radius 2 is 1.84 bits per heavy atom. The fourth-order valence-electron chi connectivity index (χ4n) is 3.58. The molecule has 0 atom stereocenters. The first-order valence-corrected chi connectivity index (χ1v) is 11.2. The normalized spacial score (nSPS) is 14.6. The van der Waals surface area contributed by atoms with Crippen LogP contribution in [0.1, 0.15) is 5.56 Å². The number of piperazine rings is 1. The Labute approximate surface area is 185 Å². The summed E-state index contributed by atoms with van der Waals surface area (Å²) < 4.78 is 21.0. The summed E-state index contributed by atoms with van der Waals surface area (Å²) in [6, 6.07) is 14.6. The minimum Gasteiger partial charge on any atom is -0.497 e. The number of methoxy groups -OCH3 is 1. The SMILES string of the molecule is COc1ccc(-n2ccnc2SCC(=O)N2CCN(Cc3ccccc3F)CC2)cc1. The topological polar surface area (TPSA) is 50.6 Å². The highest BCUT2D eigenvalue weighted by atomic mass is 32.2. The summed E-state index contributed by atoms with van der Waals surface area (Å²) >= 11 is 1.43. The van der Waals surface area contributed by atoms with Gasteiger partial charge in [0.1, 0.15) is 11.6 Å². The van der Waals surface area contributed by atoms with Crippen LogP contribution in [0.3, 0.4) is 0 Å². The van der Waals surface area contributed by atoms with Gasteiger partial charge in [0.2, 0.25) is 5.91 Å². The van der Waals surface area contributed by atoms with Gasteiger partial charge in [-0.1, -0.05) is 30.0 Å². The number of amides is 1. The van der Waals surface area contributed by atoms with E-state index in [9.17, 15) is 9.18 Å². The standard InChI is InChI=1S/C23H25FN4O2S/c1-30-20-8-6-19(7-9-20)28-11-10-25-23(28)31-17-22(29)27-14-12-26(13-15-27)16-18-4-2-3-5-21(18)24/h2-11H,12-17H2,1H3. The second-order valence-corrected chi connectivity index (χ2v) is 8.26. The molecule has 1 aromatic heterocycles. The molecule has 1 aliphatic rings. The van der Waals surface area contributed by atoms with E-state index in [0.717, 1.165) is 29.7 Å². The molecule has 6 nitrogen and oxygen atoms in total. The Morgan fingerprint density at radius 3 is 2.55 bits per heavy atom. The molecule has 8 heteroatoms. The highest BCUT2D eigenvalue weighted by Crippen LogP contribution is 2.23. The molecule has 3 aromatic rings. The van der Waals surface area contributed by atoms with Crippen molar-refractivity contribution >= 4 is 17.7 Å². The van der Waals surface area contributed by atoms with Crippen molar-refractivity contribution in [3.8, 4) is 11.4 Å². The molecule has 1 saturated heterocycles. The lowest BCUT2D eigenvalue weighted by Gasteiger charge is -2.34. The van der Waals surface area contributed by atoms with Gasteiger partial charge < -0.3 is 9.64 Å². The third-order valence-electron chi connectivity index (χ3n) is 5.36. The fourth-order valence-corrected chi connectivity index (χ4v) is 4.45. The van der Waals surface area contributed by atoms with Gasteiger partial charge in [0.05, 0.1) is 12.9 Å². The Hall–Kier alpha value is -2.84. The molecule has 0 unspecified atom stereocenters. The third-order valence-corrected chi connectivity index (χ3v) is 6.31. The van der Waals surface area contributed by atoms with Crippen LogP contribution in [-0.4, -0.2) is 64.3 Å². The third kappa shape index (κ3) is 5.26. The predicted molar refractivity (Wildman–Crippen MR) is 119 cm³/mol. The van der Waals surface area contributed by atoms with Gasteiger partial charge in [0.25, 0.3) is 0 Å². The molecule has 2 aromatic carbocycles. The first kappa shape index (κ1) is 21.4. The molecule has 2 heterocycles. The number of hydrogen-bond acceptors (Lipinski definition) is 5. The maximum absolute atomic E-state index is 13.9. The second-order valence-electron chi connectivity index (χ2n) is 7.31. The van der Waals surface area contributed by atoms with E-state index in [0.29, 0.717) is 31.0 Å². The highest BCUT2D eigenvalue weighted by molar-refractivity contribution is 7.99. The van der Waals surface area contributed by atoms with Crippen LogP contribution >= 0.6 is 11.8 Å². The van der Waals surface area contributed by atoms with Gasteiger partial charge in [-0.15, -0.1) is 0 Å². The van der Waals surface area contributed by atoms with Crippen LogP contribution in [-0.2, 0) is 11.3 Å². The number of carbonyl (C=O) groups excluding carboxylic acids is 1. The Morgan fingerprint density at radius 1 is 1.10 bits per heavy atom. The smallest absolute Gasteiger partial charge is 0.233 e. The summed E-state index contributed by atoms with van der Waals surface area (Å²) in [6.07, 6.45) is 3.62. The van der Waals surface area contributed by atoms with E-state index in [4.69, 9.17) is 4.74 Å². The summed E-state index contributed by atoms with van der Waals surface area (Å²) in [4.78, 5) is 21.2. The minimum absolute atomic E-state index is 0.0971. The van der Waals surface area contributed by atoms with Gasteiger partial charge in [0.15, 0.2) is 5.16 Å². The zero-order valence-electron chi connectivity index (χ0n) is 17.4. The van der Waals surface area contributed by atoms with Crippen LogP contribution in [0.2, 0.25) is 0 Å². The number of rotatable bonds is 7. The van der Waals surface area contributed by atoms with E-state index < -0.39 is 0 Å². The lowest BCUT2D eigenvalue weighted by molar-refractivity contribution is -0.130. The zero-order valence-corrected chi connectivity index (χ0v) is 18.2. The van der Waals surface area contributed by atoms with Crippen molar-refractivity contribution in [2.75, 3.05) is 39.0 Å². The van der Waals surface area contributed by atoms with Gasteiger partial charge in [0, 0.05) is 56.4 Å². The van der Waals surface area contributed by atoms with Crippen LogP contribution in [0.4, 0.5) is 4.39 Å². The van der Waals surface area contributed by atoms with Crippen LogP contribution in [0.25, 0.3) is 5.69 Å². The van der Waals surface area contributed by atoms with Crippen molar-refractivity contribution in [1.82, 2.24) is 19.4 Å². The van der Waals surface area contributed by atoms with Crippen LogP contribution in [0, 0.1) is 5.82 Å².